The van der Waals surface area contributed by atoms with Crippen molar-refractivity contribution < 1.29 is 4.79 Å². The zero-order valence-corrected chi connectivity index (χ0v) is 13.2. The molecule has 1 aromatic heterocycles. The summed E-state index contributed by atoms with van der Waals surface area (Å²) in [6.45, 7) is 12.8. The molecule has 1 atom stereocenters. The molecule has 0 fully saturated rings. The molecule has 0 spiro atoms. The van der Waals surface area contributed by atoms with Gasteiger partial charge in [-0.15, -0.1) is 0 Å². The molecule has 0 aromatic carbocycles. The summed E-state index contributed by atoms with van der Waals surface area (Å²) in [5.41, 5.74) is 2.24. The topological polar surface area (TPSA) is 59.0 Å². The molecule has 2 heterocycles. The molecule has 0 saturated carbocycles. The summed E-state index contributed by atoms with van der Waals surface area (Å²) in [6, 6.07) is -0.210. The fourth-order valence-electron chi connectivity index (χ4n) is 2.72. The van der Waals surface area contributed by atoms with Gasteiger partial charge in [0.2, 0.25) is 5.91 Å². The van der Waals surface area contributed by atoms with Crippen molar-refractivity contribution in [3.05, 3.63) is 17.2 Å². The Morgan fingerprint density at radius 1 is 1.50 bits per heavy atom. The molecule has 1 aromatic rings. The molecular formula is C15H26N4O. The normalized spacial score (nSPS) is 16.6. The summed E-state index contributed by atoms with van der Waals surface area (Å²) in [6.07, 6.45) is 0.933. The number of fused-ring (bicyclic) bond motifs is 1. The molecule has 2 N–H and O–H groups in total. The lowest BCUT2D eigenvalue weighted by Gasteiger charge is -2.25. The van der Waals surface area contributed by atoms with E-state index in [0.29, 0.717) is 6.54 Å². The first-order chi connectivity index (χ1) is 9.36. The first kappa shape index (κ1) is 15.0. The van der Waals surface area contributed by atoms with Crippen LogP contribution in [0.2, 0.25) is 0 Å². The summed E-state index contributed by atoms with van der Waals surface area (Å²) in [5.74, 6) is 1.07. The highest BCUT2D eigenvalue weighted by Crippen LogP contribution is 2.29. The van der Waals surface area contributed by atoms with E-state index in [1.165, 1.54) is 5.69 Å². The number of likely N-dealkylation sites (N-methyl/N-ethyl adjacent to an activating group) is 1. The lowest BCUT2D eigenvalue weighted by atomic mass is 9.95. The predicted molar refractivity (Wildman–Crippen MR) is 79.7 cm³/mol. The Labute approximate surface area is 121 Å². The Morgan fingerprint density at radius 2 is 2.20 bits per heavy atom. The van der Waals surface area contributed by atoms with Crippen LogP contribution >= 0.6 is 0 Å². The van der Waals surface area contributed by atoms with Crippen LogP contribution in [0.5, 0.6) is 0 Å². The van der Waals surface area contributed by atoms with Crippen LogP contribution in [0, 0.1) is 0 Å². The highest BCUT2D eigenvalue weighted by Gasteiger charge is 2.31. The van der Waals surface area contributed by atoms with Gasteiger partial charge in [-0.25, -0.2) is 4.98 Å². The Balaban J connectivity index is 2.48. The summed E-state index contributed by atoms with van der Waals surface area (Å²) in [4.78, 5) is 17.0. The van der Waals surface area contributed by atoms with Crippen LogP contribution in [-0.4, -0.2) is 28.5 Å². The smallest absolute Gasteiger partial charge is 0.242 e. The van der Waals surface area contributed by atoms with Gasteiger partial charge >= 0.3 is 0 Å². The van der Waals surface area contributed by atoms with Crippen LogP contribution < -0.4 is 10.6 Å². The van der Waals surface area contributed by atoms with Crippen LogP contribution in [0.15, 0.2) is 0 Å². The van der Waals surface area contributed by atoms with Gasteiger partial charge in [0.15, 0.2) is 0 Å². The van der Waals surface area contributed by atoms with E-state index in [2.05, 4.69) is 36.0 Å². The van der Waals surface area contributed by atoms with Crippen molar-refractivity contribution in [1.82, 2.24) is 20.2 Å². The van der Waals surface area contributed by atoms with Gasteiger partial charge in [0.1, 0.15) is 11.9 Å². The van der Waals surface area contributed by atoms with E-state index in [0.717, 1.165) is 31.0 Å². The second kappa shape index (κ2) is 5.56. The first-order valence-corrected chi connectivity index (χ1v) is 7.45. The fraction of sp³-hybridized carbons (Fsp3) is 0.733. The van der Waals surface area contributed by atoms with Gasteiger partial charge < -0.3 is 15.2 Å². The van der Waals surface area contributed by atoms with E-state index in [4.69, 9.17) is 4.98 Å². The van der Waals surface area contributed by atoms with E-state index in [1.54, 1.807) is 0 Å². The minimum atomic E-state index is -0.210. The van der Waals surface area contributed by atoms with Crippen LogP contribution in [0.1, 0.15) is 57.9 Å². The molecule has 2 rings (SSSR count). The number of aromatic nitrogens is 2. The third kappa shape index (κ3) is 2.73. The fourth-order valence-corrected chi connectivity index (χ4v) is 2.72. The van der Waals surface area contributed by atoms with Gasteiger partial charge in [0, 0.05) is 37.2 Å². The number of amides is 1. The van der Waals surface area contributed by atoms with Gasteiger partial charge in [0.25, 0.3) is 0 Å². The van der Waals surface area contributed by atoms with Gasteiger partial charge in [-0.2, -0.15) is 0 Å². The molecule has 0 aliphatic carbocycles. The Kier molecular flexibility index (Phi) is 4.18. The van der Waals surface area contributed by atoms with Crippen LogP contribution in [0.3, 0.4) is 0 Å². The maximum atomic E-state index is 12.2. The largest absolute Gasteiger partial charge is 0.355 e. The number of nitrogens with one attached hydrogen (secondary N) is 2. The second-order valence-electron chi connectivity index (χ2n) is 6.45. The monoisotopic (exact) mass is 278 g/mol. The van der Waals surface area contributed by atoms with E-state index in [9.17, 15) is 4.79 Å². The average molecular weight is 278 g/mol. The lowest BCUT2D eigenvalue weighted by Crippen LogP contribution is -2.35. The highest BCUT2D eigenvalue weighted by molar-refractivity contribution is 5.80. The third-order valence-electron chi connectivity index (χ3n) is 3.71. The Hall–Kier alpha value is -1.36. The minimum absolute atomic E-state index is 0.0664. The molecule has 5 heteroatoms. The van der Waals surface area contributed by atoms with Crippen LogP contribution in [0.25, 0.3) is 0 Å². The Bertz CT molecular complexity index is 499. The van der Waals surface area contributed by atoms with Crippen LogP contribution in [0.4, 0.5) is 0 Å². The summed E-state index contributed by atoms with van der Waals surface area (Å²) < 4.78 is 2.15. The number of imidazole rings is 1. The molecule has 20 heavy (non-hydrogen) atoms. The molecule has 0 radical (unpaired) electrons. The lowest BCUT2D eigenvalue weighted by molar-refractivity contribution is -0.123. The molecule has 1 amide bonds. The number of hydrogen-bond acceptors (Lipinski definition) is 3. The Morgan fingerprint density at radius 3 is 2.80 bits per heavy atom. The predicted octanol–water partition coefficient (Wildman–Crippen LogP) is 1.52. The van der Waals surface area contributed by atoms with Gasteiger partial charge in [-0.1, -0.05) is 20.8 Å². The van der Waals surface area contributed by atoms with E-state index in [-0.39, 0.29) is 17.4 Å². The van der Waals surface area contributed by atoms with Crippen molar-refractivity contribution in [2.75, 3.05) is 13.1 Å². The number of carbonyl (C=O) groups is 1. The van der Waals surface area contributed by atoms with Gasteiger partial charge in [-0.05, 0) is 13.8 Å². The first-order valence-electron chi connectivity index (χ1n) is 7.45. The molecular weight excluding hydrogens is 252 g/mol. The number of nitrogens with zero attached hydrogens (tertiary/aromatic N) is 2. The average Bonchev–Trinajstić information content (AvgIpc) is 2.77. The van der Waals surface area contributed by atoms with E-state index in [1.807, 2.05) is 13.8 Å². The van der Waals surface area contributed by atoms with Gasteiger partial charge in [-0.3, -0.25) is 4.79 Å². The van der Waals surface area contributed by atoms with Crippen molar-refractivity contribution in [2.45, 2.75) is 59.0 Å². The minimum Gasteiger partial charge on any atom is -0.355 e. The van der Waals surface area contributed by atoms with Crippen molar-refractivity contribution in [2.24, 2.45) is 0 Å². The maximum Gasteiger partial charge on any atom is 0.242 e. The standard InChI is InChI=1S/C15H26N4O/c1-6-17-13(20)10(2)19-12-7-8-16-9-11(12)18-14(19)15(3,4)5/h10,16H,6-9H2,1-5H3,(H,17,20). The van der Waals surface area contributed by atoms with Crippen molar-refractivity contribution in [3.8, 4) is 0 Å². The third-order valence-corrected chi connectivity index (χ3v) is 3.71. The quantitative estimate of drug-likeness (QED) is 0.881. The van der Waals surface area contributed by atoms with Crippen molar-refractivity contribution in [3.63, 3.8) is 0 Å². The second-order valence-corrected chi connectivity index (χ2v) is 6.45. The molecule has 5 nitrogen and oxygen atoms in total. The summed E-state index contributed by atoms with van der Waals surface area (Å²) in [5, 5.41) is 6.27. The zero-order valence-electron chi connectivity index (χ0n) is 13.2. The highest BCUT2D eigenvalue weighted by atomic mass is 16.2. The van der Waals surface area contributed by atoms with E-state index < -0.39 is 0 Å². The molecule has 112 valence electrons. The number of carbonyl (C=O) groups excluding carboxylic acids is 1. The number of rotatable bonds is 3. The molecule has 1 aliphatic rings. The summed E-state index contributed by atoms with van der Waals surface area (Å²) in [7, 11) is 0. The zero-order chi connectivity index (χ0) is 14.9. The molecule has 0 saturated heterocycles. The molecule has 1 aliphatic heterocycles. The van der Waals surface area contributed by atoms with Crippen molar-refractivity contribution >= 4 is 5.91 Å². The SMILES string of the molecule is CCNC(=O)C(C)n1c(C(C)(C)C)nc2c1CCNC2. The van der Waals surface area contributed by atoms with Crippen molar-refractivity contribution in [1.29, 1.82) is 0 Å². The van der Waals surface area contributed by atoms with Gasteiger partial charge in [0.05, 0.1) is 5.69 Å². The summed E-state index contributed by atoms with van der Waals surface area (Å²) >= 11 is 0. The number of hydrogen-bond donors (Lipinski definition) is 2. The molecule has 0 bridgehead atoms. The van der Waals surface area contributed by atoms with Crippen LogP contribution in [-0.2, 0) is 23.2 Å². The van der Waals surface area contributed by atoms with E-state index >= 15 is 0 Å². The molecule has 1 unspecified atom stereocenters. The maximum absolute atomic E-state index is 12.2.